The molecular formula is C24H30N2O12S4. The molecule has 3 aliphatic rings. The Balaban J connectivity index is 1.74. The average Bonchev–Trinajstić information content (AvgIpc) is 3.42. The van der Waals surface area contributed by atoms with Crippen LogP contribution in [0.15, 0.2) is 46.2 Å². The number of sulfone groups is 2. The fraction of sp³-hybridized carbons (Fsp3) is 0.500. The summed E-state index contributed by atoms with van der Waals surface area (Å²) >= 11 is 0. The van der Waals surface area contributed by atoms with Gasteiger partial charge in [0, 0.05) is 12.1 Å². The van der Waals surface area contributed by atoms with Gasteiger partial charge in [0.05, 0.1) is 75.6 Å². The molecule has 0 aromatic heterocycles. The molecule has 0 unspecified atom stereocenters. The van der Waals surface area contributed by atoms with Crippen LogP contribution in [0.1, 0.15) is 0 Å². The first kappa shape index (κ1) is 30.8. The van der Waals surface area contributed by atoms with E-state index in [0.717, 1.165) is 8.61 Å². The van der Waals surface area contributed by atoms with Crippen LogP contribution >= 0.6 is 0 Å². The Bertz CT molecular complexity index is 1670. The van der Waals surface area contributed by atoms with E-state index in [4.69, 9.17) is 18.9 Å². The lowest BCUT2D eigenvalue weighted by molar-refractivity contribution is 0.0838. The van der Waals surface area contributed by atoms with E-state index in [1.807, 2.05) is 0 Å². The van der Waals surface area contributed by atoms with Crippen molar-refractivity contribution in [3.05, 3.63) is 36.4 Å². The van der Waals surface area contributed by atoms with Crippen LogP contribution in [0.4, 0.5) is 0 Å². The molecule has 3 heterocycles. The van der Waals surface area contributed by atoms with Gasteiger partial charge in [-0.25, -0.2) is 33.7 Å². The van der Waals surface area contributed by atoms with Crippen LogP contribution in [0, 0.1) is 0 Å². The van der Waals surface area contributed by atoms with Gasteiger partial charge in [-0.15, -0.1) is 0 Å². The third-order valence-corrected chi connectivity index (χ3v) is 15.1. The van der Waals surface area contributed by atoms with Crippen molar-refractivity contribution in [2.24, 2.45) is 0 Å². The zero-order chi connectivity index (χ0) is 30.8. The first-order chi connectivity index (χ1) is 19.6. The SMILES string of the molecule is COc1ccc(OC)c(S(=O)(=O)N2[C@@H]3CS(=O)(=O)C[C@@H]3N(S(=O)(=O)c3cc(OC)ccc3OC)[C@@H]3CS(=O)(=O)C[C@@H]32)c1. The topological polar surface area (TPSA) is 180 Å². The second-order valence-electron chi connectivity index (χ2n) is 10.1. The number of ether oxygens (including phenoxy) is 4. The Labute approximate surface area is 245 Å². The summed E-state index contributed by atoms with van der Waals surface area (Å²) in [4.78, 5) is -0.748. The summed E-state index contributed by atoms with van der Waals surface area (Å²) in [6, 6.07) is 2.29. The minimum atomic E-state index is -4.67. The normalized spacial score (nSPS) is 27.1. The first-order valence-corrected chi connectivity index (χ1v) is 19.0. The molecule has 14 nitrogen and oxygen atoms in total. The molecule has 2 aromatic rings. The Kier molecular flexibility index (Phi) is 7.71. The van der Waals surface area contributed by atoms with Gasteiger partial charge in [0.15, 0.2) is 19.7 Å². The van der Waals surface area contributed by atoms with Gasteiger partial charge in [-0.05, 0) is 24.3 Å². The minimum absolute atomic E-state index is 0.0817. The van der Waals surface area contributed by atoms with E-state index in [1.165, 1.54) is 64.8 Å². The van der Waals surface area contributed by atoms with Crippen LogP contribution < -0.4 is 18.9 Å². The number of nitrogens with zero attached hydrogens (tertiary/aromatic N) is 2. The van der Waals surface area contributed by atoms with Crippen molar-refractivity contribution in [1.82, 2.24) is 8.61 Å². The van der Waals surface area contributed by atoms with Crippen molar-refractivity contribution in [2.75, 3.05) is 51.5 Å². The van der Waals surface area contributed by atoms with E-state index < -0.39 is 86.9 Å². The van der Waals surface area contributed by atoms with Gasteiger partial charge in [0.1, 0.15) is 32.8 Å². The van der Waals surface area contributed by atoms with Gasteiger partial charge in [0.25, 0.3) is 0 Å². The Morgan fingerprint density at radius 1 is 0.571 bits per heavy atom. The van der Waals surface area contributed by atoms with E-state index in [9.17, 15) is 33.7 Å². The number of rotatable bonds is 8. The smallest absolute Gasteiger partial charge is 0.247 e. The molecule has 2 aromatic carbocycles. The lowest BCUT2D eigenvalue weighted by Crippen LogP contribution is -2.69. The van der Waals surface area contributed by atoms with Crippen molar-refractivity contribution in [3.63, 3.8) is 0 Å². The molecule has 3 aliphatic heterocycles. The zero-order valence-corrected chi connectivity index (χ0v) is 26.3. The molecule has 0 amide bonds. The summed E-state index contributed by atoms with van der Waals surface area (Å²) in [6.07, 6.45) is 0. The molecule has 0 radical (unpaired) electrons. The molecule has 3 fully saturated rings. The second-order valence-corrected chi connectivity index (χ2v) is 18.1. The molecule has 0 bridgehead atoms. The molecule has 4 atom stereocenters. The molecule has 0 aliphatic carbocycles. The highest BCUT2D eigenvalue weighted by molar-refractivity contribution is 7.93. The maximum absolute atomic E-state index is 14.3. The zero-order valence-electron chi connectivity index (χ0n) is 23.0. The molecule has 232 valence electrons. The molecule has 18 heteroatoms. The summed E-state index contributed by atoms with van der Waals surface area (Å²) in [5.41, 5.74) is 0. The van der Waals surface area contributed by atoms with E-state index in [-0.39, 0.29) is 32.8 Å². The Hall–Kier alpha value is -2.64. The number of hydrogen-bond acceptors (Lipinski definition) is 12. The molecular weight excluding hydrogens is 637 g/mol. The first-order valence-electron chi connectivity index (χ1n) is 12.5. The van der Waals surface area contributed by atoms with Gasteiger partial charge in [-0.3, -0.25) is 0 Å². The average molecular weight is 667 g/mol. The maximum Gasteiger partial charge on any atom is 0.247 e. The number of benzene rings is 2. The van der Waals surface area contributed by atoms with E-state index in [2.05, 4.69) is 0 Å². The quantitative estimate of drug-likeness (QED) is 0.361. The van der Waals surface area contributed by atoms with Crippen LogP contribution in [-0.2, 0) is 39.7 Å². The molecule has 42 heavy (non-hydrogen) atoms. The third kappa shape index (κ3) is 5.00. The monoisotopic (exact) mass is 666 g/mol. The fourth-order valence-corrected chi connectivity index (χ4v) is 14.3. The van der Waals surface area contributed by atoms with Gasteiger partial charge in [-0.2, -0.15) is 8.61 Å². The standard InChI is InChI=1S/C24H30N2O12S4/c1-35-15-5-7-21(37-3)23(9-15)41(31,32)25-17-11-39(27,28)13-19(17)26(20-14-40(29,30)12-18(20)25)42(33,34)24-10-16(36-2)6-8-22(24)38-4/h5-10,17-20H,11-14H2,1-4H3/t17-,18+,19+,20-. The molecule has 0 spiro atoms. The van der Waals surface area contributed by atoms with Gasteiger partial charge < -0.3 is 18.9 Å². The Morgan fingerprint density at radius 3 is 1.14 bits per heavy atom. The fourth-order valence-electron chi connectivity index (χ4n) is 6.00. The Morgan fingerprint density at radius 2 is 0.881 bits per heavy atom. The van der Waals surface area contributed by atoms with Gasteiger partial charge in [0.2, 0.25) is 20.0 Å². The predicted octanol–water partition coefficient (Wildman–Crippen LogP) is -0.253. The van der Waals surface area contributed by atoms with Crippen LogP contribution in [0.3, 0.4) is 0 Å². The molecule has 5 rings (SSSR count). The second kappa shape index (κ2) is 10.5. The largest absolute Gasteiger partial charge is 0.497 e. The third-order valence-electron chi connectivity index (χ3n) is 7.75. The number of sulfonamides is 2. The van der Waals surface area contributed by atoms with E-state index in [0.29, 0.717) is 0 Å². The van der Waals surface area contributed by atoms with E-state index in [1.54, 1.807) is 0 Å². The van der Waals surface area contributed by atoms with Crippen LogP contribution in [0.2, 0.25) is 0 Å². The van der Waals surface area contributed by atoms with Crippen molar-refractivity contribution in [2.45, 2.75) is 34.0 Å². The highest BCUT2D eigenvalue weighted by Gasteiger charge is 2.64. The number of hydrogen-bond donors (Lipinski definition) is 0. The summed E-state index contributed by atoms with van der Waals surface area (Å²) in [5.74, 6) is -2.70. The van der Waals surface area contributed by atoms with Crippen molar-refractivity contribution >= 4 is 39.7 Å². The van der Waals surface area contributed by atoms with Crippen molar-refractivity contribution < 1.29 is 52.6 Å². The van der Waals surface area contributed by atoms with Gasteiger partial charge >= 0.3 is 0 Å². The van der Waals surface area contributed by atoms with Crippen molar-refractivity contribution in [3.8, 4) is 23.0 Å². The van der Waals surface area contributed by atoms with E-state index >= 15 is 0 Å². The molecule has 0 saturated carbocycles. The summed E-state index contributed by atoms with van der Waals surface area (Å²) in [6.45, 7) is 0. The molecule has 0 N–H and O–H groups in total. The highest BCUT2D eigenvalue weighted by Crippen LogP contribution is 2.45. The summed E-state index contributed by atoms with van der Waals surface area (Å²) < 4.78 is 132. The van der Waals surface area contributed by atoms with Crippen molar-refractivity contribution in [1.29, 1.82) is 0 Å². The van der Waals surface area contributed by atoms with Crippen LogP contribution in [0.25, 0.3) is 0 Å². The van der Waals surface area contributed by atoms with Gasteiger partial charge in [-0.1, -0.05) is 0 Å². The number of fused-ring (bicyclic) bond motifs is 2. The number of methoxy groups -OCH3 is 4. The summed E-state index contributed by atoms with van der Waals surface area (Å²) in [5, 5.41) is 0. The lowest BCUT2D eigenvalue weighted by atomic mass is 10.0. The summed E-state index contributed by atoms with van der Waals surface area (Å²) in [7, 11) is -12.1. The predicted molar refractivity (Wildman–Crippen MR) is 150 cm³/mol. The van der Waals surface area contributed by atoms with Crippen LogP contribution in [0.5, 0.6) is 23.0 Å². The molecule has 3 saturated heterocycles. The van der Waals surface area contributed by atoms with Crippen LogP contribution in [-0.4, -0.2) is 118 Å². The number of piperazine rings is 1. The highest BCUT2D eigenvalue weighted by atomic mass is 32.2. The minimum Gasteiger partial charge on any atom is -0.497 e. The lowest BCUT2D eigenvalue weighted by Gasteiger charge is -2.49. The maximum atomic E-state index is 14.3.